The molecular formula is C13H17N3O. The number of nitrogens with zero attached hydrogens (tertiary/aromatic N) is 2. The predicted octanol–water partition coefficient (Wildman–Crippen LogP) is 1.11. The lowest BCUT2D eigenvalue weighted by atomic mass is 10.2. The zero-order chi connectivity index (χ0) is 12.3. The summed E-state index contributed by atoms with van der Waals surface area (Å²) in [5, 5.41) is 1.06. The lowest BCUT2D eigenvalue weighted by Crippen LogP contribution is -2.33. The van der Waals surface area contributed by atoms with Gasteiger partial charge in [0.15, 0.2) is 0 Å². The molecule has 0 fully saturated rings. The van der Waals surface area contributed by atoms with Crippen molar-refractivity contribution in [1.82, 2.24) is 9.58 Å². The maximum absolute atomic E-state index is 11.8. The molecule has 0 saturated heterocycles. The number of fused-ring (bicyclic) bond motifs is 1. The molecule has 0 radical (unpaired) electrons. The third-order valence-corrected chi connectivity index (χ3v) is 2.63. The van der Waals surface area contributed by atoms with Gasteiger partial charge in [0.25, 0.3) is 5.56 Å². The van der Waals surface area contributed by atoms with E-state index in [-0.39, 0.29) is 5.56 Å². The minimum atomic E-state index is -0.0255. The van der Waals surface area contributed by atoms with Gasteiger partial charge in [0, 0.05) is 24.5 Å². The lowest BCUT2D eigenvalue weighted by Gasteiger charge is -2.14. The molecule has 4 heteroatoms. The average Bonchev–Trinajstić information content (AvgIpc) is 2.32. The Balaban J connectivity index is 2.31. The van der Waals surface area contributed by atoms with Crippen molar-refractivity contribution in [3.8, 4) is 0 Å². The quantitative estimate of drug-likeness (QED) is 0.856. The Labute approximate surface area is 100 Å². The Morgan fingerprint density at radius 1 is 1.18 bits per heavy atom. The zero-order valence-electron chi connectivity index (χ0n) is 10.2. The Kier molecular flexibility index (Phi) is 3.44. The van der Waals surface area contributed by atoms with Crippen molar-refractivity contribution in [3.63, 3.8) is 0 Å². The number of para-hydroxylation sites is 1. The molecule has 0 saturated carbocycles. The van der Waals surface area contributed by atoms with Crippen LogP contribution in [0.4, 0.5) is 0 Å². The fourth-order valence-corrected chi connectivity index (χ4v) is 1.73. The molecule has 0 amide bonds. The highest BCUT2D eigenvalue weighted by Crippen LogP contribution is 2.09. The Hall–Kier alpha value is -1.81. The van der Waals surface area contributed by atoms with E-state index in [9.17, 15) is 4.79 Å². The number of likely N-dealkylation sites (N-methyl/N-ethyl adjacent to an activating group) is 1. The number of aromatic nitrogens is 1. The minimum Gasteiger partial charge on any atom is -0.321 e. The van der Waals surface area contributed by atoms with Crippen LogP contribution in [0.15, 0.2) is 41.2 Å². The van der Waals surface area contributed by atoms with Gasteiger partial charge in [0.2, 0.25) is 0 Å². The van der Waals surface area contributed by atoms with E-state index in [1.807, 2.05) is 44.4 Å². The Bertz CT molecular complexity index is 560. The lowest BCUT2D eigenvalue weighted by molar-refractivity contribution is 0.419. The van der Waals surface area contributed by atoms with Gasteiger partial charge in [-0.1, -0.05) is 18.2 Å². The smallest absolute Gasteiger partial charge is 0.269 e. The second kappa shape index (κ2) is 5.01. The molecule has 17 heavy (non-hydrogen) atoms. The first kappa shape index (κ1) is 11.7. The van der Waals surface area contributed by atoms with Gasteiger partial charge in [-0.15, -0.1) is 0 Å². The van der Waals surface area contributed by atoms with Crippen LogP contribution in [0, 0.1) is 0 Å². The van der Waals surface area contributed by atoms with E-state index >= 15 is 0 Å². The highest BCUT2D eigenvalue weighted by molar-refractivity contribution is 5.78. The van der Waals surface area contributed by atoms with E-state index in [0.717, 1.165) is 24.0 Å². The van der Waals surface area contributed by atoms with E-state index in [1.54, 1.807) is 10.7 Å². The van der Waals surface area contributed by atoms with Crippen molar-refractivity contribution in [1.29, 1.82) is 0 Å². The largest absolute Gasteiger partial charge is 0.321 e. The summed E-state index contributed by atoms with van der Waals surface area (Å²) in [5.41, 5.74) is 4.04. The maximum Gasteiger partial charge on any atom is 0.269 e. The van der Waals surface area contributed by atoms with E-state index in [4.69, 9.17) is 0 Å². The van der Waals surface area contributed by atoms with Gasteiger partial charge in [-0.2, -0.15) is 0 Å². The van der Waals surface area contributed by atoms with Gasteiger partial charge in [0.1, 0.15) is 0 Å². The Morgan fingerprint density at radius 3 is 2.71 bits per heavy atom. The van der Waals surface area contributed by atoms with Crippen molar-refractivity contribution >= 4 is 10.9 Å². The number of pyridine rings is 1. The van der Waals surface area contributed by atoms with Gasteiger partial charge in [-0.25, -0.2) is 4.68 Å². The summed E-state index contributed by atoms with van der Waals surface area (Å²) in [6.45, 7) is 1.62. The molecule has 0 spiro atoms. The van der Waals surface area contributed by atoms with Gasteiger partial charge in [-0.3, -0.25) is 4.79 Å². The van der Waals surface area contributed by atoms with Crippen LogP contribution in [0.1, 0.15) is 0 Å². The van der Waals surface area contributed by atoms with Crippen molar-refractivity contribution in [2.45, 2.75) is 0 Å². The van der Waals surface area contributed by atoms with Crippen molar-refractivity contribution in [2.75, 3.05) is 32.6 Å². The molecule has 0 bridgehead atoms. The highest BCUT2D eigenvalue weighted by Gasteiger charge is 2.01. The van der Waals surface area contributed by atoms with Crippen molar-refractivity contribution < 1.29 is 0 Å². The van der Waals surface area contributed by atoms with E-state index < -0.39 is 0 Å². The second-order valence-corrected chi connectivity index (χ2v) is 4.28. The van der Waals surface area contributed by atoms with E-state index in [1.165, 1.54) is 0 Å². The third-order valence-electron chi connectivity index (χ3n) is 2.63. The fourth-order valence-electron chi connectivity index (χ4n) is 1.73. The molecular weight excluding hydrogens is 214 g/mol. The molecule has 1 aromatic carbocycles. The van der Waals surface area contributed by atoms with Crippen LogP contribution >= 0.6 is 0 Å². The van der Waals surface area contributed by atoms with Crippen molar-refractivity contribution in [2.24, 2.45) is 0 Å². The molecule has 0 atom stereocenters. The van der Waals surface area contributed by atoms with Crippen LogP contribution in [0.2, 0.25) is 0 Å². The Morgan fingerprint density at radius 2 is 1.94 bits per heavy atom. The first-order chi connectivity index (χ1) is 8.18. The van der Waals surface area contributed by atoms with Gasteiger partial charge < -0.3 is 10.3 Å². The number of rotatable bonds is 4. The van der Waals surface area contributed by atoms with Crippen LogP contribution < -0.4 is 11.0 Å². The SMILES string of the molecule is CN(C)CCNn1c(=O)ccc2ccccc21. The topological polar surface area (TPSA) is 37.3 Å². The van der Waals surface area contributed by atoms with Gasteiger partial charge in [0.05, 0.1) is 5.52 Å². The molecule has 0 unspecified atom stereocenters. The number of nitrogens with one attached hydrogen (secondary N) is 1. The first-order valence-corrected chi connectivity index (χ1v) is 5.68. The number of benzene rings is 1. The molecule has 0 aliphatic heterocycles. The summed E-state index contributed by atoms with van der Waals surface area (Å²) < 4.78 is 1.61. The standard InChI is InChI=1S/C13H17N3O/c1-15(2)10-9-14-16-12-6-4-3-5-11(12)7-8-13(16)17/h3-8,14H,9-10H2,1-2H3. The van der Waals surface area contributed by atoms with E-state index in [2.05, 4.69) is 10.3 Å². The molecule has 0 aliphatic rings. The van der Waals surface area contributed by atoms with Crippen LogP contribution in [-0.2, 0) is 0 Å². The summed E-state index contributed by atoms with van der Waals surface area (Å²) >= 11 is 0. The summed E-state index contributed by atoms with van der Waals surface area (Å²) in [6, 6.07) is 11.3. The van der Waals surface area contributed by atoms with Gasteiger partial charge >= 0.3 is 0 Å². The summed E-state index contributed by atoms with van der Waals surface area (Å²) in [4.78, 5) is 13.9. The third kappa shape index (κ3) is 2.65. The molecule has 1 N–H and O–H groups in total. The highest BCUT2D eigenvalue weighted by atomic mass is 16.1. The summed E-state index contributed by atoms with van der Waals surface area (Å²) in [5.74, 6) is 0. The molecule has 0 aliphatic carbocycles. The van der Waals surface area contributed by atoms with E-state index in [0.29, 0.717) is 0 Å². The van der Waals surface area contributed by atoms with Crippen LogP contribution in [0.25, 0.3) is 10.9 Å². The van der Waals surface area contributed by atoms with Crippen LogP contribution in [0.5, 0.6) is 0 Å². The molecule has 4 nitrogen and oxygen atoms in total. The number of hydrogen-bond donors (Lipinski definition) is 1. The maximum atomic E-state index is 11.8. The van der Waals surface area contributed by atoms with Crippen LogP contribution in [-0.4, -0.2) is 36.8 Å². The normalized spacial score (nSPS) is 11.0. The molecule has 2 rings (SSSR count). The first-order valence-electron chi connectivity index (χ1n) is 5.68. The fraction of sp³-hybridized carbons (Fsp3) is 0.308. The van der Waals surface area contributed by atoms with Crippen molar-refractivity contribution in [3.05, 3.63) is 46.8 Å². The summed E-state index contributed by atoms with van der Waals surface area (Å²) in [7, 11) is 4.01. The summed E-state index contributed by atoms with van der Waals surface area (Å²) in [6.07, 6.45) is 0. The van der Waals surface area contributed by atoms with Crippen LogP contribution in [0.3, 0.4) is 0 Å². The molecule has 90 valence electrons. The number of hydrogen-bond acceptors (Lipinski definition) is 3. The monoisotopic (exact) mass is 231 g/mol. The molecule has 1 aromatic heterocycles. The molecule has 1 heterocycles. The second-order valence-electron chi connectivity index (χ2n) is 4.28. The molecule has 2 aromatic rings. The zero-order valence-corrected chi connectivity index (χ0v) is 10.2. The average molecular weight is 231 g/mol. The minimum absolute atomic E-state index is 0.0255. The predicted molar refractivity (Wildman–Crippen MR) is 71.0 cm³/mol. The van der Waals surface area contributed by atoms with Gasteiger partial charge in [-0.05, 0) is 26.2 Å².